The molecule has 0 radical (unpaired) electrons. The fourth-order valence-corrected chi connectivity index (χ4v) is 3.56. The Hall–Kier alpha value is -0.190. The zero-order valence-electron chi connectivity index (χ0n) is 12.7. The van der Waals surface area contributed by atoms with Gasteiger partial charge in [-0.2, -0.15) is 11.8 Å². The molecule has 4 heteroatoms. The second kappa shape index (κ2) is 7.19. The van der Waals surface area contributed by atoms with Gasteiger partial charge in [-0.1, -0.05) is 22.0 Å². The van der Waals surface area contributed by atoms with Crippen molar-refractivity contribution in [3.05, 3.63) is 28.2 Å². The number of thioether (sulfide) groups is 1. The Morgan fingerprint density at radius 1 is 1.25 bits per heavy atom. The first kappa shape index (κ1) is 16.2. The average molecular weight is 357 g/mol. The SMILES string of the molecule is CC(C)(C)NCc1ccc(Br)cc1N1CCCSCC1. The lowest BCUT2D eigenvalue weighted by atomic mass is 10.1. The van der Waals surface area contributed by atoms with Gasteiger partial charge in [0.15, 0.2) is 0 Å². The lowest BCUT2D eigenvalue weighted by molar-refractivity contribution is 0.424. The molecular weight excluding hydrogens is 332 g/mol. The Kier molecular flexibility index (Phi) is 5.82. The highest BCUT2D eigenvalue weighted by atomic mass is 79.9. The van der Waals surface area contributed by atoms with Crippen LogP contribution < -0.4 is 10.2 Å². The molecule has 1 N–H and O–H groups in total. The van der Waals surface area contributed by atoms with Gasteiger partial charge in [0.05, 0.1) is 0 Å². The first-order chi connectivity index (χ1) is 9.46. The summed E-state index contributed by atoms with van der Waals surface area (Å²) in [6, 6.07) is 6.67. The zero-order chi connectivity index (χ0) is 14.6. The lowest BCUT2D eigenvalue weighted by Crippen LogP contribution is -2.36. The van der Waals surface area contributed by atoms with Crippen LogP contribution in [0.15, 0.2) is 22.7 Å². The zero-order valence-corrected chi connectivity index (χ0v) is 15.1. The molecule has 0 amide bonds. The Labute approximate surface area is 135 Å². The van der Waals surface area contributed by atoms with Crippen molar-refractivity contribution >= 4 is 33.4 Å². The van der Waals surface area contributed by atoms with E-state index >= 15 is 0 Å². The highest BCUT2D eigenvalue weighted by molar-refractivity contribution is 9.10. The summed E-state index contributed by atoms with van der Waals surface area (Å²) in [5, 5.41) is 3.61. The number of halogens is 1. The molecule has 0 spiro atoms. The summed E-state index contributed by atoms with van der Waals surface area (Å²) >= 11 is 5.69. The minimum absolute atomic E-state index is 0.152. The molecule has 0 unspecified atom stereocenters. The summed E-state index contributed by atoms with van der Waals surface area (Å²) in [5.41, 5.74) is 2.94. The molecular formula is C16H25BrN2S. The normalized spacial score (nSPS) is 17.1. The van der Waals surface area contributed by atoms with Crippen LogP contribution in [-0.4, -0.2) is 30.1 Å². The van der Waals surface area contributed by atoms with Gasteiger partial charge in [0.1, 0.15) is 0 Å². The van der Waals surface area contributed by atoms with Gasteiger partial charge in [-0.3, -0.25) is 0 Å². The quantitative estimate of drug-likeness (QED) is 0.869. The number of benzene rings is 1. The average Bonchev–Trinajstić information content (AvgIpc) is 2.65. The molecule has 1 fully saturated rings. The van der Waals surface area contributed by atoms with Crippen molar-refractivity contribution in [1.29, 1.82) is 0 Å². The van der Waals surface area contributed by atoms with Crippen molar-refractivity contribution in [1.82, 2.24) is 5.32 Å². The topological polar surface area (TPSA) is 15.3 Å². The summed E-state index contributed by atoms with van der Waals surface area (Å²) < 4.78 is 1.17. The number of hydrogen-bond donors (Lipinski definition) is 1. The summed E-state index contributed by atoms with van der Waals surface area (Å²) in [6.07, 6.45) is 1.28. The molecule has 0 aromatic heterocycles. The smallest absolute Gasteiger partial charge is 0.0423 e. The minimum atomic E-state index is 0.152. The van der Waals surface area contributed by atoms with Crippen molar-refractivity contribution in [2.24, 2.45) is 0 Å². The molecule has 1 aliphatic heterocycles. The van der Waals surface area contributed by atoms with Crippen molar-refractivity contribution in [3.8, 4) is 0 Å². The van der Waals surface area contributed by atoms with Crippen molar-refractivity contribution < 1.29 is 0 Å². The fourth-order valence-electron chi connectivity index (χ4n) is 2.33. The molecule has 2 nitrogen and oxygen atoms in total. The van der Waals surface area contributed by atoms with Gasteiger partial charge in [0.2, 0.25) is 0 Å². The highest BCUT2D eigenvalue weighted by Gasteiger charge is 2.16. The number of anilines is 1. The Bertz CT molecular complexity index is 435. The van der Waals surface area contributed by atoms with Crippen LogP contribution in [0.3, 0.4) is 0 Å². The Morgan fingerprint density at radius 2 is 2.05 bits per heavy atom. The van der Waals surface area contributed by atoms with Crippen LogP contribution in [0.2, 0.25) is 0 Å². The number of rotatable bonds is 3. The van der Waals surface area contributed by atoms with Crippen LogP contribution in [0.25, 0.3) is 0 Å². The lowest BCUT2D eigenvalue weighted by Gasteiger charge is -2.27. The van der Waals surface area contributed by atoms with Gasteiger partial charge in [0, 0.05) is 41.1 Å². The molecule has 0 aliphatic carbocycles. The molecule has 1 aliphatic rings. The van der Waals surface area contributed by atoms with Gasteiger partial charge in [0.25, 0.3) is 0 Å². The van der Waals surface area contributed by atoms with Gasteiger partial charge in [-0.15, -0.1) is 0 Å². The molecule has 1 heterocycles. The van der Waals surface area contributed by atoms with Crippen LogP contribution in [0.4, 0.5) is 5.69 Å². The molecule has 1 aromatic carbocycles. The minimum Gasteiger partial charge on any atom is -0.370 e. The second-order valence-electron chi connectivity index (χ2n) is 6.33. The largest absolute Gasteiger partial charge is 0.370 e. The summed E-state index contributed by atoms with van der Waals surface area (Å²) in [4.78, 5) is 2.55. The van der Waals surface area contributed by atoms with Crippen LogP contribution >= 0.6 is 27.7 Å². The van der Waals surface area contributed by atoms with Gasteiger partial charge in [-0.25, -0.2) is 0 Å². The van der Waals surface area contributed by atoms with E-state index in [9.17, 15) is 0 Å². The predicted molar refractivity (Wildman–Crippen MR) is 94.9 cm³/mol. The van der Waals surface area contributed by atoms with Gasteiger partial charge < -0.3 is 10.2 Å². The van der Waals surface area contributed by atoms with E-state index in [1.54, 1.807) is 0 Å². The van der Waals surface area contributed by atoms with Crippen LogP contribution in [0.5, 0.6) is 0 Å². The third-order valence-corrected chi connectivity index (χ3v) is 4.96. The Balaban J connectivity index is 2.18. The van der Waals surface area contributed by atoms with Crippen molar-refractivity contribution in [2.45, 2.75) is 39.3 Å². The van der Waals surface area contributed by atoms with E-state index in [1.807, 2.05) is 0 Å². The summed E-state index contributed by atoms with van der Waals surface area (Å²) in [6.45, 7) is 9.90. The standard InChI is InChI=1S/C16H25BrN2S/c1-16(2,3)18-12-13-5-6-14(17)11-15(13)19-7-4-9-20-10-8-19/h5-6,11,18H,4,7-10,12H2,1-3H3. The van der Waals surface area contributed by atoms with Crippen LogP contribution in [0, 0.1) is 0 Å². The molecule has 0 bridgehead atoms. The predicted octanol–water partition coefficient (Wildman–Crippen LogP) is 4.28. The monoisotopic (exact) mass is 356 g/mol. The molecule has 20 heavy (non-hydrogen) atoms. The molecule has 1 saturated heterocycles. The summed E-state index contributed by atoms with van der Waals surface area (Å²) in [5.74, 6) is 2.53. The third kappa shape index (κ3) is 4.97. The van der Waals surface area contributed by atoms with Gasteiger partial charge >= 0.3 is 0 Å². The van der Waals surface area contributed by atoms with Crippen LogP contribution in [-0.2, 0) is 6.54 Å². The molecule has 0 saturated carbocycles. The van der Waals surface area contributed by atoms with Crippen LogP contribution in [0.1, 0.15) is 32.8 Å². The van der Waals surface area contributed by atoms with Crippen molar-refractivity contribution in [2.75, 3.05) is 29.5 Å². The number of nitrogens with zero attached hydrogens (tertiary/aromatic N) is 1. The highest BCUT2D eigenvalue weighted by Crippen LogP contribution is 2.27. The van der Waals surface area contributed by atoms with Gasteiger partial charge in [-0.05, 0) is 50.6 Å². The molecule has 1 aromatic rings. The van der Waals surface area contributed by atoms with E-state index in [-0.39, 0.29) is 5.54 Å². The van der Waals surface area contributed by atoms with E-state index < -0.39 is 0 Å². The van der Waals surface area contributed by atoms with E-state index in [1.165, 1.54) is 40.2 Å². The van der Waals surface area contributed by atoms with E-state index in [0.29, 0.717) is 0 Å². The first-order valence-corrected chi connectivity index (χ1v) is 9.27. The summed E-state index contributed by atoms with van der Waals surface area (Å²) in [7, 11) is 0. The van der Waals surface area contributed by atoms with E-state index in [4.69, 9.17) is 0 Å². The fraction of sp³-hybridized carbons (Fsp3) is 0.625. The molecule has 112 valence electrons. The maximum atomic E-state index is 3.62. The molecule has 0 atom stereocenters. The number of hydrogen-bond acceptors (Lipinski definition) is 3. The third-order valence-electron chi connectivity index (χ3n) is 3.42. The van der Waals surface area contributed by atoms with Crippen molar-refractivity contribution in [3.63, 3.8) is 0 Å². The van der Waals surface area contributed by atoms with E-state index in [2.05, 4.69) is 76.9 Å². The first-order valence-electron chi connectivity index (χ1n) is 7.32. The number of nitrogens with one attached hydrogen (secondary N) is 1. The Morgan fingerprint density at radius 3 is 2.80 bits per heavy atom. The maximum Gasteiger partial charge on any atom is 0.0423 e. The molecule has 2 rings (SSSR count). The van der Waals surface area contributed by atoms with E-state index in [0.717, 1.165) is 13.1 Å². The maximum absolute atomic E-state index is 3.62. The second-order valence-corrected chi connectivity index (χ2v) is 8.47.